The number of amides is 1. The van der Waals surface area contributed by atoms with E-state index in [1.807, 2.05) is 18.9 Å². The molecular weight excluding hydrogens is 581 g/mol. The summed E-state index contributed by atoms with van der Waals surface area (Å²) in [5.41, 5.74) is 7.25. The van der Waals surface area contributed by atoms with Gasteiger partial charge < -0.3 is 26.0 Å². The van der Waals surface area contributed by atoms with E-state index >= 15 is 0 Å². The van der Waals surface area contributed by atoms with Crippen LogP contribution in [0.3, 0.4) is 0 Å². The Balaban J connectivity index is 0.00000221. The van der Waals surface area contributed by atoms with E-state index in [-0.39, 0.29) is 18.1 Å². The Morgan fingerprint density at radius 3 is 2.56 bits per heavy atom. The van der Waals surface area contributed by atoms with Gasteiger partial charge in [0.25, 0.3) is 0 Å². The molecular formula is C30H33F3N6O3S. The summed E-state index contributed by atoms with van der Waals surface area (Å²) in [7, 11) is 1.50. The molecule has 4 N–H and O–H groups in total. The Hall–Kier alpha value is -4.67. The van der Waals surface area contributed by atoms with Gasteiger partial charge in [-0.25, -0.2) is 0 Å². The molecule has 0 aliphatic carbocycles. The molecule has 0 radical (unpaired) electrons. The first-order valence-electron chi connectivity index (χ1n) is 12.9. The van der Waals surface area contributed by atoms with Crippen molar-refractivity contribution in [1.29, 1.82) is 10.7 Å². The van der Waals surface area contributed by atoms with E-state index in [9.17, 15) is 18.0 Å². The van der Waals surface area contributed by atoms with Crippen LogP contribution in [0.15, 0.2) is 72.3 Å². The molecule has 0 aliphatic rings. The van der Waals surface area contributed by atoms with Crippen molar-refractivity contribution in [2.45, 2.75) is 44.9 Å². The second-order valence-electron chi connectivity index (χ2n) is 8.46. The smallest absolute Gasteiger partial charge is 0.406 e. The van der Waals surface area contributed by atoms with Crippen molar-refractivity contribution in [2.24, 2.45) is 5.73 Å². The van der Waals surface area contributed by atoms with Crippen molar-refractivity contribution < 1.29 is 27.5 Å². The number of alkyl halides is 3. The quantitative estimate of drug-likeness (QED) is 0.122. The predicted octanol–water partition coefficient (Wildman–Crippen LogP) is 5.97. The van der Waals surface area contributed by atoms with Gasteiger partial charge in [0.05, 0.1) is 18.1 Å². The third-order valence-electron chi connectivity index (χ3n) is 5.36. The number of aromatic nitrogens is 2. The Kier molecular flexibility index (Phi) is 17.1. The van der Waals surface area contributed by atoms with Gasteiger partial charge in [0.1, 0.15) is 17.5 Å². The molecule has 0 bridgehead atoms. The zero-order valence-corrected chi connectivity index (χ0v) is 24.4. The van der Waals surface area contributed by atoms with E-state index in [1.165, 1.54) is 42.8 Å². The fourth-order valence-corrected chi connectivity index (χ4v) is 4.38. The summed E-state index contributed by atoms with van der Waals surface area (Å²) in [6, 6.07) is 14.8. The molecule has 0 unspecified atom stereocenters. The molecule has 0 aliphatic heterocycles. The van der Waals surface area contributed by atoms with Crippen LogP contribution in [0.25, 0.3) is 0 Å². The minimum absolute atomic E-state index is 0.135. The van der Waals surface area contributed by atoms with Crippen LogP contribution in [0.5, 0.6) is 5.75 Å². The zero-order valence-electron chi connectivity index (χ0n) is 23.6. The van der Waals surface area contributed by atoms with Gasteiger partial charge in [-0.1, -0.05) is 53.8 Å². The van der Waals surface area contributed by atoms with E-state index < -0.39 is 6.36 Å². The van der Waals surface area contributed by atoms with Crippen LogP contribution in [0.1, 0.15) is 41.0 Å². The molecule has 13 heteroatoms. The van der Waals surface area contributed by atoms with Gasteiger partial charge in [-0.05, 0) is 73.7 Å². The molecule has 0 saturated heterocycles. The Labute approximate surface area is 252 Å². The molecule has 0 fully saturated rings. The number of carbonyl (C=O) groups is 2. The summed E-state index contributed by atoms with van der Waals surface area (Å²) in [6.07, 6.45) is 5.56. The average Bonchev–Trinajstić information content (AvgIpc) is 3.44. The molecule has 1 amide bonds. The van der Waals surface area contributed by atoms with Gasteiger partial charge in [-0.3, -0.25) is 4.79 Å². The van der Waals surface area contributed by atoms with Crippen molar-refractivity contribution in [2.75, 3.05) is 12.4 Å². The van der Waals surface area contributed by atoms with Crippen molar-refractivity contribution in [3.8, 4) is 11.8 Å². The summed E-state index contributed by atoms with van der Waals surface area (Å²) in [6.45, 7) is 2.00. The number of nitrogens with zero attached hydrogens (tertiary/aromatic N) is 3. The summed E-state index contributed by atoms with van der Waals surface area (Å²) in [5, 5.41) is 28.7. The standard InChI is InChI=1S/C28H26F3N5O2S.CH5N.CH2O/c29-28(30,31)38-24-13-6-10-20(16-24)7-1-2-8-21(18-32)9-3-4-14-26-35-36-27(39-26)34-25(37)17-22-11-5-12-23(15-22)19-33;2*1-2/h1-2,5-6,8,10-13,15-16,18,32H,3-4,7,9,14,17H2,(H,34,36,37);2H2,1H3;1H2/b2-1+,21-8-,32-18?;;. The lowest BCUT2D eigenvalue weighted by Gasteiger charge is -2.09. The SMILES string of the molecule is C=O.CN.N#Cc1cccc(CC(=O)Nc2nnc(CCCC/C(C=N)=C/C=C/Cc3cccc(OC(F)(F)F)c3)s2)c1. The number of anilines is 1. The summed E-state index contributed by atoms with van der Waals surface area (Å²) < 4.78 is 41.1. The van der Waals surface area contributed by atoms with Gasteiger partial charge in [0, 0.05) is 12.6 Å². The molecule has 43 heavy (non-hydrogen) atoms. The fourth-order valence-electron chi connectivity index (χ4n) is 3.58. The zero-order chi connectivity index (χ0) is 32.1. The Morgan fingerprint density at radius 1 is 1.14 bits per heavy atom. The number of nitrogens with one attached hydrogen (secondary N) is 2. The van der Waals surface area contributed by atoms with Crippen LogP contribution in [0.2, 0.25) is 0 Å². The van der Waals surface area contributed by atoms with Crippen LogP contribution in [0.4, 0.5) is 18.3 Å². The number of benzene rings is 2. The molecule has 3 rings (SSSR count). The maximum atomic E-state index is 12.4. The van der Waals surface area contributed by atoms with E-state index in [0.29, 0.717) is 35.5 Å². The molecule has 0 atom stereocenters. The van der Waals surface area contributed by atoms with Crippen LogP contribution in [0, 0.1) is 16.7 Å². The number of allylic oxidation sites excluding steroid dienone is 4. The van der Waals surface area contributed by atoms with E-state index in [4.69, 9.17) is 15.5 Å². The van der Waals surface area contributed by atoms with Crippen molar-refractivity contribution in [3.63, 3.8) is 0 Å². The van der Waals surface area contributed by atoms with Gasteiger partial charge in [-0.2, -0.15) is 5.26 Å². The lowest BCUT2D eigenvalue weighted by atomic mass is 10.1. The normalized spacial score (nSPS) is 10.9. The molecule has 0 spiro atoms. The highest BCUT2D eigenvalue weighted by atomic mass is 32.1. The first kappa shape index (κ1) is 36.4. The first-order valence-corrected chi connectivity index (χ1v) is 13.7. The molecule has 2 aromatic carbocycles. The Bertz CT molecular complexity index is 1400. The number of carbonyl (C=O) groups excluding carboxylic acids is 2. The maximum absolute atomic E-state index is 12.4. The van der Waals surface area contributed by atoms with Gasteiger partial charge in [-0.15, -0.1) is 23.4 Å². The fraction of sp³-hybridized carbons (Fsp3) is 0.267. The topological polar surface area (TPSA) is 155 Å². The number of rotatable bonds is 13. The lowest BCUT2D eigenvalue weighted by Crippen LogP contribution is -2.17. The third kappa shape index (κ3) is 15.2. The van der Waals surface area contributed by atoms with Crippen molar-refractivity contribution >= 4 is 35.4 Å². The molecule has 1 heterocycles. The summed E-state index contributed by atoms with van der Waals surface area (Å²) >= 11 is 1.31. The summed E-state index contributed by atoms with van der Waals surface area (Å²) in [4.78, 5) is 20.3. The molecule has 9 nitrogen and oxygen atoms in total. The minimum atomic E-state index is -4.72. The monoisotopic (exact) mass is 614 g/mol. The number of hydrogen-bond donors (Lipinski definition) is 3. The molecule has 228 valence electrons. The van der Waals surface area contributed by atoms with E-state index in [1.54, 1.807) is 36.4 Å². The predicted molar refractivity (Wildman–Crippen MR) is 161 cm³/mol. The Morgan fingerprint density at radius 2 is 1.86 bits per heavy atom. The average molecular weight is 615 g/mol. The van der Waals surface area contributed by atoms with Gasteiger partial charge >= 0.3 is 6.36 Å². The first-order chi connectivity index (χ1) is 20.7. The van der Waals surface area contributed by atoms with Gasteiger partial charge in [0.15, 0.2) is 0 Å². The summed E-state index contributed by atoms with van der Waals surface area (Å²) in [5.74, 6) is -0.486. The van der Waals surface area contributed by atoms with Crippen LogP contribution in [-0.2, 0) is 28.9 Å². The second-order valence-corrected chi connectivity index (χ2v) is 9.52. The number of halogens is 3. The maximum Gasteiger partial charge on any atom is 0.573 e. The third-order valence-corrected chi connectivity index (χ3v) is 6.26. The highest BCUT2D eigenvalue weighted by molar-refractivity contribution is 7.15. The number of ether oxygens (including phenoxy) is 1. The van der Waals surface area contributed by atoms with Crippen LogP contribution in [-0.4, -0.2) is 42.5 Å². The van der Waals surface area contributed by atoms with Gasteiger partial charge in [0.2, 0.25) is 11.0 Å². The highest BCUT2D eigenvalue weighted by Crippen LogP contribution is 2.23. The number of hydrogen-bond acceptors (Lipinski definition) is 9. The lowest BCUT2D eigenvalue weighted by molar-refractivity contribution is -0.274. The molecule has 0 saturated carbocycles. The molecule has 1 aromatic heterocycles. The highest BCUT2D eigenvalue weighted by Gasteiger charge is 2.31. The number of unbranched alkanes of at least 4 members (excludes halogenated alkanes) is 1. The van der Waals surface area contributed by atoms with Crippen molar-refractivity contribution in [1.82, 2.24) is 10.2 Å². The minimum Gasteiger partial charge on any atom is -0.406 e. The van der Waals surface area contributed by atoms with Crippen LogP contribution < -0.4 is 15.8 Å². The largest absolute Gasteiger partial charge is 0.573 e. The van der Waals surface area contributed by atoms with E-state index in [2.05, 4.69) is 32.1 Å². The van der Waals surface area contributed by atoms with Crippen LogP contribution >= 0.6 is 11.3 Å². The molecule has 3 aromatic rings. The number of nitrogens with two attached hydrogens (primary N) is 1. The van der Waals surface area contributed by atoms with E-state index in [0.717, 1.165) is 29.0 Å². The van der Waals surface area contributed by atoms with Crippen molar-refractivity contribution in [3.05, 3.63) is 94.0 Å². The number of nitriles is 1. The number of aryl methyl sites for hydroxylation is 1. The second kappa shape index (κ2) is 20.2.